The molecule has 0 saturated heterocycles. The van der Waals surface area contributed by atoms with Crippen LogP contribution in [0.4, 0.5) is 0 Å². The first-order valence-electron chi connectivity index (χ1n) is 19.2. The van der Waals surface area contributed by atoms with E-state index in [-0.39, 0.29) is 5.41 Å². The summed E-state index contributed by atoms with van der Waals surface area (Å²) < 4.78 is 6.46. The highest BCUT2D eigenvalue weighted by Gasteiger charge is 2.45. The van der Waals surface area contributed by atoms with Crippen molar-refractivity contribution in [3.8, 4) is 51.4 Å². The minimum Gasteiger partial charge on any atom is -0.455 e. The molecule has 5 nitrogen and oxygen atoms in total. The molecule has 2 aliphatic rings. The fraction of sp³-hybridized carbons (Fsp3) is 0.224. The summed E-state index contributed by atoms with van der Waals surface area (Å²) in [6.45, 7) is 4.89. The van der Waals surface area contributed by atoms with Gasteiger partial charge in [0.2, 0.25) is 0 Å². The van der Waals surface area contributed by atoms with Gasteiger partial charge >= 0.3 is 0 Å². The van der Waals surface area contributed by atoms with E-state index in [0.717, 1.165) is 78.3 Å². The summed E-state index contributed by atoms with van der Waals surface area (Å²) in [6, 6.07) is 46.2. The van der Waals surface area contributed by atoms with E-state index in [4.69, 9.17) is 19.4 Å². The van der Waals surface area contributed by atoms with Crippen molar-refractivity contribution >= 4 is 32.7 Å². The van der Waals surface area contributed by atoms with Crippen molar-refractivity contribution in [2.75, 3.05) is 0 Å². The van der Waals surface area contributed by atoms with Crippen LogP contribution in [-0.2, 0) is 5.41 Å². The van der Waals surface area contributed by atoms with Gasteiger partial charge in [-0.3, -0.25) is 0 Å². The molecule has 4 atom stereocenters. The van der Waals surface area contributed by atoms with E-state index >= 15 is 0 Å². The maximum Gasteiger partial charge on any atom is 0.167 e. The molecule has 2 saturated carbocycles. The van der Waals surface area contributed by atoms with Crippen LogP contribution in [0.2, 0.25) is 0 Å². The lowest BCUT2D eigenvalue weighted by Crippen LogP contribution is -2.42. The van der Waals surface area contributed by atoms with E-state index in [2.05, 4.69) is 92.7 Å². The average Bonchev–Trinajstić information content (AvgIpc) is 3.59. The Morgan fingerprint density at radius 2 is 1.15 bits per heavy atom. The predicted octanol–water partition coefficient (Wildman–Crippen LogP) is 12.6. The van der Waals surface area contributed by atoms with Gasteiger partial charge in [0.15, 0.2) is 17.5 Å². The average molecular weight is 701 g/mol. The molecular formula is C49H40N4O. The number of hydrogen-bond acceptors (Lipinski definition) is 5. The highest BCUT2D eigenvalue weighted by molar-refractivity contribution is 6.09. The zero-order chi connectivity index (χ0) is 36.4. The van der Waals surface area contributed by atoms with Crippen LogP contribution in [0.5, 0.6) is 0 Å². The molecule has 0 N–H and O–H groups in total. The van der Waals surface area contributed by atoms with Crippen molar-refractivity contribution < 1.29 is 4.42 Å². The zero-order valence-corrected chi connectivity index (χ0v) is 30.6. The highest BCUT2D eigenvalue weighted by atomic mass is 16.3. The lowest BCUT2D eigenvalue weighted by Gasteiger charge is -2.50. The summed E-state index contributed by atoms with van der Waals surface area (Å²) in [6.07, 6.45) is 6.57. The molecule has 6 aromatic carbocycles. The molecule has 8 aromatic rings. The van der Waals surface area contributed by atoms with Crippen molar-refractivity contribution in [3.63, 3.8) is 0 Å². The molecule has 2 aromatic heterocycles. The lowest BCUT2D eigenvalue weighted by atomic mass is 9.54. The van der Waals surface area contributed by atoms with Crippen molar-refractivity contribution in [1.82, 2.24) is 15.0 Å². The molecule has 0 radical (unpaired) electrons. The second-order valence-electron chi connectivity index (χ2n) is 16.0. The number of rotatable bonds is 5. The fourth-order valence-corrected chi connectivity index (χ4v) is 10.2. The van der Waals surface area contributed by atoms with Crippen LogP contribution in [0.1, 0.15) is 57.1 Å². The van der Waals surface area contributed by atoms with Crippen molar-refractivity contribution in [1.29, 1.82) is 5.26 Å². The Hall–Kier alpha value is -6.12. The van der Waals surface area contributed by atoms with E-state index in [1.165, 1.54) is 37.7 Å². The third-order valence-electron chi connectivity index (χ3n) is 12.2. The van der Waals surface area contributed by atoms with Gasteiger partial charge in [-0.05, 0) is 95.5 Å². The van der Waals surface area contributed by atoms with E-state index in [0.29, 0.717) is 23.0 Å². The van der Waals surface area contributed by atoms with E-state index in [1.807, 2.05) is 54.6 Å². The zero-order valence-electron chi connectivity index (χ0n) is 30.6. The van der Waals surface area contributed by atoms with Gasteiger partial charge in [0.1, 0.15) is 11.2 Å². The van der Waals surface area contributed by atoms with Gasteiger partial charge in [0.25, 0.3) is 0 Å². The number of aromatic nitrogens is 3. The van der Waals surface area contributed by atoms with Gasteiger partial charge in [-0.2, -0.15) is 5.26 Å². The molecule has 10 rings (SSSR count). The second-order valence-corrected chi connectivity index (χ2v) is 16.0. The SMILES string of the molecule is C[C@@H]1C[C@@H]2C[C@H](C)CC(c3ccc(-c4nc(-c5ccc(-c6ccc(C#N)c7ccccc67)cc5)nc(-c5cccc6c5oc5ccccc56)n4)cc3)(C1)C2. The Kier molecular flexibility index (Phi) is 7.70. The Morgan fingerprint density at radius 1 is 0.556 bits per heavy atom. The van der Waals surface area contributed by atoms with E-state index in [9.17, 15) is 5.26 Å². The summed E-state index contributed by atoms with van der Waals surface area (Å²) in [5.74, 6) is 4.16. The molecule has 0 aliphatic heterocycles. The van der Waals surface area contributed by atoms with Crippen molar-refractivity contribution in [2.24, 2.45) is 17.8 Å². The van der Waals surface area contributed by atoms with Crippen LogP contribution in [-0.4, -0.2) is 15.0 Å². The number of furan rings is 1. The Balaban J connectivity index is 1.09. The van der Waals surface area contributed by atoms with Gasteiger partial charge in [-0.15, -0.1) is 0 Å². The van der Waals surface area contributed by atoms with Gasteiger partial charge in [0, 0.05) is 27.3 Å². The lowest BCUT2D eigenvalue weighted by molar-refractivity contribution is 0.0780. The van der Waals surface area contributed by atoms with Crippen LogP contribution in [0.15, 0.2) is 132 Å². The predicted molar refractivity (Wildman–Crippen MR) is 218 cm³/mol. The standard InChI is InChI=1S/C49H40N4O/c1-30-24-32-25-31(2)27-49(26-30,28-32)37-21-18-35(19-22-37)47-51-46(52-48(53-47)43-12-7-11-42-41-10-5-6-13-44(41)54-45(42)43)34-16-14-33(15-17-34)39-23-20-36(29-50)38-8-3-4-9-40(38)39/h3-23,30-32H,24-28H2,1-2H3/t30-,31+,32-,49?. The van der Waals surface area contributed by atoms with E-state index < -0.39 is 0 Å². The summed E-state index contributed by atoms with van der Waals surface area (Å²) in [5, 5.41) is 13.8. The van der Waals surface area contributed by atoms with Gasteiger partial charge < -0.3 is 4.42 Å². The maximum absolute atomic E-state index is 9.72. The number of fused-ring (bicyclic) bond motifs is 6. The van der Waals surface area contributed by atoms with Crippen LogP contribution in [0.3, 0.4) is 0 Å². The first-order chi connectivity index (χ1) is 26.4. The van der Waals surface area contributed by atoms with Gasteiger partial charge in [-0.1, -0.05) is 123 Å². The number of nitrogens with zero attached hydrogens (tertiary/aromatic N) is 4. The number of hydrogen-bond donors (Lipinski definition) is 0. The Bertz CT molecular complexity index is 2740. The fourth-order valence-electron chi connectivity index (χ4n) is 10.2. The number of nitriles is 1. The second kappa shape index (κ2) is 12.8. The number of benzene rings is 6. The molecule has 5 heteroatoms. The van der Waals surface area contributed by atoms with E-state index in [1.54, 1.807) is 0 Å². The van der Waals surface area contributed by atoms with Crippen LogP contribution < -0.4 is 0 Å². The summed E-state index contributed by atoms with van der Waals surface area (Å²) >= 11 is 0. The quantitative estimate of drug-likeness (QED) is 0.179. The smallest absolute Gasteiger partial charge is 0.167 e. The molecule has 0 spiro atoms. The van der Waals surface area contributed by atoms with Crippen molar-refractivity contribution in [2.45, 2.75) is 51.4 Å². The summed E-state index contributed by atoms with van der Waals surface area (Å²) in [5.41, 5.74) is 8.85. The highest BCUT2D eigenvalue weighted by Crippen LogP contribution is 2.54. The Morgan fingerprint density at radius 3 is 1.85 bits per heavy atom. The molecular weight excluding hydrogens is 661 g/mol. The molecule has 2 bridgehead atoms. The topological polar surface area (TPSA) is 75.6 Å². The third kappa shape index (κ3) is 5.48. The molecule has 2 heterocycles. The van der Waals surface area contributed by atoms with Crippen LogP contribution >= 0.6 is 0 Å². The van der Waals surface area contributed by atoms with Crippen LogP contribution in [0.25, 0.3) is 78.0 Å². The van der Waals surface area contributed by atoms with Gasteiger partial charge in [0.05, 0.1) is 17.2 Å². The van der Waals surface area contributed by atoms with Crippen LogP contribution in [0, 0.1) is 29.1 Å². The molecule has 1 unspecified atom stereocenters. The number of para-hydroxylation sites is 2. The minimum absolute atomic E-state index is 0.257. The molecule has 262 valence electrons. The maximum atomic E-state index is 9.72. The molecule has 2 fully saturated rings. The Labute approximate surface area is 315 Å². The summed E-state index contributed by atoms with van der Waals surface area (Å²) in [4.78, 5) is 15.4. The first-order valence-corrected chi connectivity index (χ1v) is 19.2. The largest absolute Gasteiger partial charge is 0.455 e. The summed E-state index contributed by atoms with van der Waals surface area (Å²) in [7, 11) is 0. The van der Waals surface area contributed by atoms with Crippen molar-refractivity contribution in [3.05, 3.63) is 139 Å². The first kappa shape index (κ1) is 32.5. The monoisotopic (exact) mass is 700 g/mol. The minimum atomic E-state index is 0.257. The normalized spacial score (nSPS) is 21.0. The molecule has 0 amide bonds. The molecule has 2 aliphatic carbocycles. The third-order valence-corrected chi connectivity index (χ3v) is 12.2. The molecule has 54 heavy (non-hydrogen) atoms. The van der Waals surface area contributed by atoms with Gasteiger partial charge in [-0.25, -0.2) is 15.0 Å².